The fourth-order valence-electron chi connectivity index (χ4n) is 2.32. The third kappa shape index (κ3) is 4.54. The molecule has 0 radical (unpaired) electrons. The molecule has 0 atom stereocenters. The summed E-state index contributed by atoms with van der Waals surface area (Å²) in [6, 6.07) is 1.95. The maximum atomic E-state index is 6.04. The van der Waals surface area contributed by atoms with Gasteiger partial charge in [0.2, 0.25) is 5.89 Å². The first-order valence-corrected chi connectivity index (χ1v) is 8.26. The summed E-state index contributed by atoms with van der Waals surface area (Å²) in [4.78, 5) is 10.7. The lowest BCUT2D eigenvalue weighted by molar-refractivity contribution is 0.376. The number of guanidine groups is 1. The number of aromatic nitrogens is 2. The summed E-state index contributed by atoms with van der Waals surface area (Å²) in [5.74, 6) is 2.29. The molecule has 24 heavy (non-hydrogen) atoms. The van der Waals surface area contributed by atoms with E-state index in [1.165, 1.54) is 0 Å². The maximum Gasteiger partial charge on any atom is 0.213 e. The summed E-state index contributed by atoms with van der Waals surface area (Å²) in [7, 11) is 5.71. The Morgan fingerprint density at radius 3 is 2.67 bits per heavy atom. The Balaban J connectivity index is 1.97. The monoisotopic (exact) mass is 351 g/mol. The second-order valence-electron chi connectivity index (χ2n) is 6.89. The first-order valence-electron chi connectivity index (χ1n) is 7.88. The lowest BCUT2D eigenvalue weighted by Crippen LogP contribution is -2.38. The van der Waals surface area contributed by atoms with Crippen LogP contribution in [0.5, 0.6) is 0 Å². The molecule has 0 saturated heterocycles. The number of nitrogens with zero attached hydrogens (tertiary/aromatic N) is 4. The van der Waals surface area contributed by atoms with Gasteiger partial charge in [-0.05, 0) is 6.07 Å². The number of aliphatic imine (C=N–C) groups is 1. The SMILES string of the molecule is CN=C(NCc1ncc(C(C)(C)C)o1)N(C)Cc1cc(Cl)cn1C. The van der Waals surface area contributed by atoms with E-state index < -0.39 is 0 Å². The molecular weight excluding hydrogens is 326 g/mol. The van der Waals surface area contributed by atoms with Gasteiger partial charge in [-0.3, -0.25) is 4.99 Å². The van der Waals surface area contributed by atoms with Crippen molar-refractivity contribution in [3.05, 3.63) is 40.8 Å². The summed E-state index contributed by atoms with van der Waals surface area (Å²) in [6.07, 6.45) is 3.68. The fourth-order valence-corrected chi connectivity index (χ4v) is 2.59. The van der Waals surface area contributed by atoms with E-state index in [9.17, 15) is 0 Å². The van der Waals surface area contributed by atoms with E-state index in [0.29, 0.717) is 19.0 Å². The van der Waals surface area contributed by atoms with Gasteiger partial charge in [0, 0.05) is 38.4 Å². The molecule has 2 aromatic heterocycles. The van der Waals surface area contributed by atoms with Crippen molar-refractivity contribution in [2.75, 3.05) is 14.1 Å². The lowest BCUT2D eigenvalue weighted by Gasteiger charge is -2.21. The van der Waals surface area contributed by atoms with Gasteiger partial charge in [-0.1, -0.05) is 32.4 Å². The molecule has 0 fully saturated rings. The average molecular weight is 352 g/mol. The summed E-state index contributed by atoms with van der Waals surface area (Å²) in [6.45, 7) is 7.48. The topological polar surface area (TPSA) is 58.6 Å². The third-order valence-corrected chi connectivity index (χ3v) is 3.94. The molecular formula is C17H26ClN5O. The van der Waals surface area contributed by atoms with Crippen LogP contribution in [0.1, 0.15) is 38.1 Å². The minimum absolute atomic E-state index is 0.0461. The molecule has 0 aliphatic rings. The Labute approximate surface area is 148 Å². The highest BCUT2D eigenvalue weighted by molar-refractivity contribution is 6.30. The van der Waals surface area contributed by atoms with Crippen molar-refractivity contribution in [1.29, 1.82) is 0 Å². The number of hydrogen-bond acceptors (Lipinski definition) is 3. The van der Waals surface area contributed by atoms with Crippen molar-refractivity contribution >= 4 is 17.6 Å². The first kappa shape index (κ1) is 18.4. The van der Waals surface area contributed by atoms with Crippen LogP contribution in [-0.4, -0.2) is 34.5 Å². The zero-order chi connectivity index (χ0) is 17.9. The number of halogens is 1. The zero-order valence-corrected chi connectivity index (χ0v) is 16.0. The minimum Gasteiger partial charge on any atom is -0.443 e. The lowest BCUT2D eigenvalue weighted by atomic mass is 9.94. The van der Waals surface area contributed by atoms with Gasteiger partial charge in [-0.2, -0.15) is 0 Å². The number of oxazole rings is 1. The quantitative estimate of drug-likeness (QED) is 0.679. The molecule has 0 unspecified atom stereocenters. The third-order valence-electron chi connectivity index (χ3n) is 3.74. The highest BCUT2D eigenvalue weighted by atomic mass is 35.5. The van der Waals surface area contributed by atoms with Gasteiger partial charge >= 0.3 is 0 Å². The van der Waals surface area contributed by atoms with Crippen LogP contribution < -0.4 is 5.32 Å². The summed E-state index contributed by atoms with van der Waals surface area (Å²) in [5, 5.41) is 4.01. The van der Waals surface area contributed by atoms with Gasteiger partial charge in [0.1, 0.15) is 5.76 Å². The predicted molar refractivity (Wildman–Crippen MR) is 97.3 cm³/mol. The van der Waals surface area contributed by atoms with Gasteiger partial charge in [0.25, 0.3) is 0 Å². The Hall–Kier alpha value is -1.95. The van der Waals surface area contributed by atoms with Gasteiger partial charge in [-0.25, -0.2) is 4.98 Å². The normalized spacial score (nSPS) is 12.5. The second-order valence-corrected chi connectivity index (χ2v) is 7.32. The molecule has 0 amide bonds. The number of hydrogen-bond donors (Lipinski definition) is 1. The Morgan fingerprint density at radius 2 is 2.17 bits per heavy atom. The summed E-state index contributed by atoms with van der Waals surface area (Å²) >= 11 is 6.04. The van der Waals surface area contributed by atoms with Crippen LogP contribution in [0.2, 0.25) is 5.02 Å². The Kier molecular flexibility index (Phi) is 5.59. The van der Waals surface area contributed by atoms with Crippen LogP contribution in [0.4, 0.5) is 0 Å². The molecule has 2 aromatic rings. The van der Waals surface area contributed by atoms with E-state index in [1.807, 2.05) is 35.8 Å². The average Bonchev–Trinajstić information content (AvgIpc) is 3.06. The largest absolute Gasteiger partial charge is 0.443 e. The Bertz CT molecular complexity index is 711. The van der Waals surface area contributed by atoms with E-state index in [-0.39, 0.29) is 5.41 Å². The standard InChI is InChI=1S/C17H26ClN5O/c1-17(2,3)14-8-20-15(24-14)9-21-16(19-4)23(6)11-13-7-12(18)10-22(13)5/h7-8,10H,9,11H2,1-6H3,(H,19,21). The van der Waals surface area contributed by atoms with Gasteiger partial charge in [0.15, 0.2) is 5.96 Å². The van der Waals surface area contributed by atoms with Crippen LogP contribution in [0.15, 0.2) is 27.9 Å². The van der Waals surface area contributed by atoms with Crippen molar-refractivity contribution in [2.45, 2.75) is 39.3 Å². The number of rotatable bonds is 4. The second kappa shape index (κ2) is 7.30. The van der Waals surface area contributed by atoms with Gasteiger partial charge in [-0.15, -0.1) is 0 Å². The van der Waals surface area contributed by atoms with E-state index in [4.69, 9.17) is 16.0 Å². The van der Waals surface area contributed by atoms with Crippen molar-refractivity contribution in [2.24, 2.45) is 12.0 Å². The maximum absolute atomic E-state index is 6.04. The minimum atomic E-state index is -0.0461. The van der Waals surface area contributed by atoms with Crippen molar-refractivity contribution < 1.29 is 4.42 Å². The highest BCUT2D eigenvalue weighted by Gasteiger charge is 2.19. The zero-order valence-electron chi connectivity index (χ0n) is 15.2. The van der Waals surface area contributed by atoms with Crippen LogP contribution in [0.3, 0.4) is 0 Å². The predicted octanol–water partition coefficient (Wildman–Crippen LogP) is 3.17. The smallest absolute Gasteiger partial charge is 0.213 e. The van der Waals surface area contributed by atoms with Crippen LogP contribution in [0.25, 0.3) is 0 Å². The summed E-state index contributed by atoms with van der Waals surface area (Å²) < 4.78 is 7.80. The van der Waals surface area contributed by atoms with Crippen LogP contribution in [0, 0.1) is 0 Å². The molecule has 0 bridgehead atoms. The van der Waals surface area contributed by atoms with Crippen molar-refractivity contribution in [1.82, 2.24) is 19.8 Å². The van der Waals surface area contributed by atoms with Gasteiger partial charge in [0.05, 0.1) is 24.3 Å². The van der Waals surface area contributed by atoms with Crippen LogP contribution in [-0.2, 0) is 25.6 Å². The molecule has 0 aliphatic heterocycles. The van der Waals surface area contributed by atoms with E-state index in [0.717, 1.165) is 22.4 Å². The molecule has 132 valence electrons. The molecule has 2 rings (SSSR count). The number of aryl methyl sites for hydroxylation is 1. The summed E-state index contributed by atoms with van der Waals surface area (Å²) in [5.41, 5.74) is 1.06. The number of nitrogens with one attached hydrogen (secondary N) is 1. The van der Waals surface area contributed by atoms with E-state index in [1.54, 1.807) is 13.2 Å². The van der Waals surface area contributed by atoms with Crippen molar-refractivity contribution in [3.8, 4) is 0 Å². The molecule has 0 aromatic carbocycles. The van der Waals surface area contributed by atoms with E-state index >= 15 is 0 Å². The molecule has 0 aliphatic carbocycles. The first-order chi connectivity index (χ1) is 11.2. The van der Waals surface area contributed by atoms with E-state index in [2.05, 4.69) is 36.1 Å². The fraction of sp³-hybridized carbons (Fsp3) is 0.529. The highest BCUT2D eigenvalue weighted by Crippen LogP contribution is 2.22. The molecule has 0 saturated carbocycles. The molecule has 1 N–H and O–H groups in total. The van der Waals surface area contributed by atoms with Crippen molar-refractivity contribution in [3.63, 3.8) is 0 Å². The Morgan fingerprint density at radius 1 is 1.46 bits per heavy atom. The molecule has 6 nitrogen and oxygen atoms in total. The molecule has 2 heterocycles. The van der Waals surface area contributed by atoms with Gasteiger partial charge < -0.3 is 19.2 Å². The molecule has 7 heteroatoms. The van der Waals surface area contributed by atoms with Crippen LogP contribution >= 0.6 is 11.6 Å². The molecule has 0 spiro atoms.